The predicted molar refractivity (Wildman–Crippen MR) is 89.2 cm³/mol. The first-order valence-corrected chi connectivity index (χ1v) is 7.68. The van der Waals surface area contributed by atoms with Crippen LogP contribution < -0.4 is 9.47 Å². The molecule has 0 aliphatic carbocycles. The smallest absolute Gasteiger partial charge is 0.363 e. The van der Waals surface area contributed by atoms with Crippen molar-refractivity contribution in [2.45, 2.75) is 6.92 Å². The molecule has 0 unspecified atom stereocenters. The number of cyclic esters (lactones) is 1. The predicted octanol–water partition coefficient (Wildman–Crippen LogP) is 3.11. The van der Waals surface area contributed by atoms with E-state index in [1.807, 2.05) is 49.4 Å². The molecule has 120 valence electrons. The van der Waals surface area contributed by atoms with Gasteiger partial charge in [0.1, 0.15) is 13.2 Å². The lowest BCUT2D eigenvalue weighted by atomic mass is 10.1. The van der Waals surface area contributed by atoms with Crippen LogP contribution in [0.3, 0.4) is 0 Å². The number of rotatable bonds is 2. The van der Waals surface area contributed by atoms with Gasteiger partial charge in [0, 0.05) is 5.56 Å². The molecule has 2 aromatic rings. The van der Waals surface area contributed by atoms with Crippen LogP contribution in [0.5, 0.6) is 11.5 Å². The summed E-state index contributed by atoms with van der Waals surface area (Å²) in [5.41, 5.74) is 2.94. The first-order chi connectivity index (χ1) is 11.7. The van der Waals surface area contributed by atoms with E-state index in [-0.39, 0.29) is 5.70 Å². The maximum absolute atomic E-state index is 12.1. The SMILES string of the molecule is Cc1cccc(C2=N/C(=C\c3ccc4c(c3)OCCO4)C(=O)O2)c1. The molecule has 4 rings (SSSR count). The number of esters is 1. The normalized spacial score (nSPS) is 17.6. The maximum Gasteiger partial charge on any atom is 0.363 e. The fourth-order valence-electron chi connectivity index (χ4n) is 2.62. The zero-order valence-electron chi connectivity index (χ0n) is 13.1. The van der Waals surface area contributed by atoms with Crippen molar-refractivity contribution >= 4 is 17.9 Å². The Morgan fingerprint density at radius 1 is 1.04 bits per heavy atom. The highest BCUT2D eigenvalue weighted by molar-refractivity contribution is 6.12. The van der Waals surface area contributed by atoms with Gasteiger partial charge in [0.2, 0.25) is 5.90 Å². The second kappa shape index (κ2) is 5.85. The summed E-state index contributed by atoms with van der Waals surface area (Å²) in [7, 11) is 0. The molecule has 0 aromatic heterocycles. The summed E-state index contributed by atoms with van der Waals surface area (Å²) in [5, 5.41) is 0. The Kier molecular flexibility index (Phi) is 3.54. The summed E-state index contributed by atoms with van der Waals surface area (Å²) in [6, 6.07) is 13.2. The molecule has 0 spiro atoms. The van der Waals surface area contributed by atoms with E-state index in [9.17, 15) is 4.79 Å². The van der Waals surface area contributed by atoms with E-state index >= 15 is 0 Å². The second-order valence-corrected chi connectivity index (χ2v) is 5.61. The molecule has 2 aromatic carbocycles. The first kappa shape index (κ1) is 14.5. The number of nitrogens with zero attached hydrogens (tertiary/aromatic N) is 1. The first-order valence-electron chi connectivity index (χ1n) is 7.68. The van der Waals surface area contributed by atoms with Crippen LogP contribution in [0.4, 0.5) is 0 Å². The van der Waals surface area contributed by atoms with Gasteiger partial charge in [-0.15, -0.1) is 0 Å². The van der Waals surface area contributed by atoms with Crippen LogP contribution in [0.15, 0.2) is 53.2 Å². The summed E-state index contributed by atoms with van der Waals surface area (Å²) in [6.07, 6.45) is 1.68. The highest BCUT2D eigenvalue weighted by Gasteiger charge is 2.24. The Labute approximate surface area is 139 Å². The molecule has 5 nitrogen and oxygen atoms in total. The summed E-state index contributed by atoms with van der Waals surface area (Å²) in [5.74, 6) is 1.25. The zero-order chi connectivity index (χ0) is 16.5. The number of fused-ring (bicyclic) bond motifs is 1. The van der Waals surface area contributed by atoms with Crippen LogP contribution in [0.2, 0.25) is 0 Å². The number of benzene rings is 2. The third-order valence-electron chi connectivity index (χ3n) is 3.76. The van der Waals surface area contributed by atoms with Crippen LogP contribution in [0.1, 0.15) is 16.7 Å². The fraction of sp³-hybridized carbons (Fsp3) is 0.158. The monoisotopic (exact) mass is 321 g/mol. The zero-order valence-corrected chi connectivity index (χ0v) is 13.1. The van der Waals surface area contributed by atoms with Crippen molar-refractivity contribution in [1.29, 1.82) is 0 Å². The van der Waals surface area contributed by atoms with Gasteiger partial charge < -0.3 is 14.2 Å². The molecule has 24 heavy (non-hydrogen) atoms. The number of aryl methyl sites for hydroxylation is 1. The average Bonchev–Trinajstić information content (AvgIpc) is 2.96. The Balaban J connectivity index is 1.66. The number of hydrogen-bond acceptors (Lipinski definition) is 5. The summed E-state index contributed by atoms with van der Waals surface area (Å²) >= 11 is 0. The molecular formula is C19H15NO4. The van der Waals surface area contributed by atoms with Crippen molar-refractivity contribution in [2.75, 3.05) is 13.2 Å². The Bertz CT molecular complexity index is 883. The highest BCUT2D eigenvalue weighted by atomic mass is 16.6. The van der Waals surface area contributed by atoms with Gasteiger partial charge in [-0.1, -0.05) is 23.8 Å². The van der Waals surface area contributed by atoms with E-state index in [0.29, 0.717) is 30.6 Å². The minimum atomic E-state index is -0.457. The van der Waals surface area contributed by atoms with E-state index in [4.69, 9.17) is 14.2 Å². The van der Waals surface area contributed by atoms with Gasteiger partial charge in [0.15, 0.2) is 17.2 Å². The van der Waals surface area contributed by atoms with E-state index in [1.165, 1.54) is 0 Å². The van der Waals surface area contributed by atoms with Gasteiger partial charge in [-0.25, -0.2) is 9.79 Å². The molecule has 2 heterocycles. The molecule has 0 N–H and O–H groups in total. The molecular weight excluding hydrogens is 306 g/mol. The van der Waals surface area contributed by atoms with Crippen LogP contribution >= 0.6 is 0 Å². The summed E-state index contributed by atoms with van der Waals surface area (Å²) < 4.78 is 16.3. The number of ether oxygens (including phenoxy) is 3. The van der Waals surface area contributed by atoms with Crippen molar-refractivity contribution in [3.8, 4) is 11.5 Å². The minimum Gasteiger partial charge on any atom is -0.486 e. The molecule has 0 bridgehead atoms. The van der Waals surface area contributed by atoms with Crippen LogP contribution in [-0.2, 0) is 9.53 Å². The molecule has 0 radical (unpaired) electrons. The number of hydrogen-bond donors (Lipinski definition) is 0. The van der Waals surface area contributed by atoms with Crippen molar-refractivity contribution in [1.82, 2.24) is 0 Å². The minimum absolute atomic E-state index is 0.267. The van der Waals surface area contributed by atoms with Crippen molar-refractivity contribution < 1.29 is 19.0 Å². The van der Waals surface area contributed by atoms with E-state index in [1.54, 1.807) is 6.08 Å². The third kappa shape index (κ3) is 2.76. The standard InChI is InChI=1S/C19H15NO4/c1-12-3-2-4-14(9-12)18-20-15(19(21)24-18)10-13-5-6-16-17(11-13)23-8-7-22-16/h2-6,9-11H,7-8H2,1H3/b15-10-. The largest absolute Gasteiger partial charge is 0.486 e. The lowest BCUT2D eigenvalue weighted by Crippen LogP contribution is -2.15. The number of carbonyl (C=O) groups is 1. The topological polar surface area (TPSA) is 57.1 Å². The van der Waals surface area contributed by atoms with Gasteiger partial charge >= 0.3 is 5.97 Å². The molecule has 2 aliphatic rings. The van der Waals surface area contributed by atoms with E-state index in [0.717, 1.165) is 16.7 Å². The summed E-state index contributed by atoms with van der Waals surface area (Å²) in [4.78, 5) is 16.4. The number of carbonyl (C=O) groups excluding carboxylic acids is 1. The molecule has 2 aliphatic heterocycles. The molecule has 0 saturated carbocycles. The molecule has 0 atom stereocenters. The molecule has 0 amide bonds. The van der Waals surface area contributed by atoms with Gasteiger partial charge in [-0.05, 0) is 42.8 Å². The van der Waals surface area contributed by atoms with Crippen LogP contribution in [0.25, 0.3) is 6.08 Å². The van der Waals surface area contributed by atoms with Gasteiger partial charge in [-0.3, -0.25) is 0 Å². The van der Waals surface area contributed by atoms with Crippen molar-refractivity contribution in [2.24, 2.45) is 4.99 Å². The van der Waals surface area contributed by atoms with Crippen LogP contribution in [0, 0.1) is 6.92 Å². The lowest BCUT2D eigenvalue weighted by Gasteiger charge is -2.18. The van der Waals surface area contributed by atoms with E-state index in [2.05, 4.69) is 4.99 Å². The molecule has 5 heteroatoms. The maximum atomic E-state index is 12.1. The third-order valence-corrected chi connectivity index (χ3v) is 3.76. The average molecular weight is 321 g/mol. The van der Waals surface area contributed by atoms with Gasteiger partial charge in [-0.2, -0.15) is 0 Å². The highest BCUT2D eigenvalue weighted by Crippen LogP contribution is 2.32. The Morgan fingerprint density at radius 2 is 1.88 bits per heavy atom. The van der Waals surface area contributed by atoms with Crippen molar-refractivity contribution in [3.63, 3.8) is 0 Å². The second-order valence-electron chi connectivity index (χ2n) is 5.61. The Morgan fingerprint density at radius 3 is 2.71 bits per heavy atom. The number of aliphatic imine (C=N–C) groups is 1. The van der Waals surface area contributed by atoms with Crippen LogP contribution in [-0.4, -0.2) is 25.1 Å². The van der Waals surface area contributed by atoms with Crippen molar-refractivity contribution in [3.05, 3.63) is 64.9 Å². The lowest BCUT2D eigenvalue weighted by molar-refractivity contribution is -0.129. The van der Waals surface area contributed by atoms with Gasteiger partial charge in [0.25, 0.3) is 0 Å². The van der Waals surface area contributed by atoms with E-state index < -0.39 is 5.97 Å². The molecule has 0 saturated heterocycles. The quantitative estimate of drug-likeness (QED) is 0.630. The fourth-order valence-corrected chi connectivity index (χ4v) is 2.62. The summed E-state index contributed by atoms with van der Waals surface area (Å²) in [6.45, 7) is 3.04. The molecule has 0 fully saturated rings. The van der Waals surface area contributed by atoms with Gasteiger partial charge in [0.05, 0.1) is 0 Å². The Hall–Kier alpha value is -3.08.